The van der Waals surface area contributed by atoms with E-state index in [1.54, 1.807) is 0 Å². The third-order valence-corrected chi connectivity index (χ3v) is 3.19. The summed E-state index contributed by atoms with van der Waals surface area (Å²) in [6.45, 7) is 5.31. The maximum Gasteiger partial charge on any atom is 0.308 e. The number of carbonyl (C=O) groups is 3. The van der Waals surface area contributed by atoms with Crippen molar-refractivity contribution in [2.24, 2.45) is 11.8 Å². The van der Waals surface area contributed by atoms with Gasteiger partial charge in [-0.1, -0.05) is 6.92 Å². The number of carboxylic acid groups (broad SMARTS) is 1. The molecule has 0 bridgehead atoms. The van der Waals surface area contributed by atoms with Gasteiger partial charge in [0.25, 0.3) is 0 Å². The second-order valence-corrected chi connectivity index (χ2v) is 4.95. The van der Waals surface area contributed by atoms with Crippen LogP contribution >= 0.6 is 0 Å². The largest absolute Gasteiger partial charge is 0.481 e. The Morgan fingerprint density at radius 2 is 1.84 bits per heavy atom. The van der Waals surface area contributed by atoms with Gasteiger partial charge in [-0.2, -0.15) is 0 Å². The van der Waals surface area contributed by atoms with Crippen LogP contribution in [0.15, 0.2) is 0 Å². The van der Waals surface area contributed by atoms with Crippen LogP contribution in [-0.2, 0) is 14.4 Å². The number of carbonyl (C=O) groups excluding carboxylic acids is 2. The van der Waals surface area contributed by atoms with Crippen molar-refractivity contribution in [3.05, 3.63) is 0 Å². The monoisotopic (exact) mass is 271 g/mol. The van der Waals surface area contributed by atoms with Gasteiger partial charge in [-0.15, -0.1) is 0 Å². The van der Waals surface area contributed by atoms with Crippen molar-refractivity contribution in [2.45, 2.75) is 13.8 Å². The molecule has 19 heavy (non-hydrogen) atoms. The second-order valence-electron chi connectivity index (χ2n) is 4.95. The van der Waals surface area contributed by atoms with Gasteiger partial charge in [0.1, 0.15) is 0 Å². The van der Waals surface area contributed by atoms with Gasteiger partial charge in [-0.3, -0.25) is 19.3 Å². The van der Waals surface area contributed by atoms with Gasteiger partial charge in [0.2, 0.25) is 11.8 Å². The van der Waals surface area contributed by atoms with E-state index in [2.05, 4.69) is 10.6 Å². The van der Waals surface area contributed by atoms with E-state index in [0.29, 0.717) is 26.2 Å². The van der Waals surface area contributed by atoms with E-state index < -0.39 is 11.9 Å². The fourth-order valence-corrected chi connectivity index (χ4v) is 2.22. The number of aliphatic carboxylic acids is 1. The minimum Gasteiger partial charge on any atom is -0.481 e. The summed E-state index contributed by atoms with van der Waals surface area (Å²) >= 11 is 0. The molecule has 1 rings (SSSR count). The first-order valence-corrected chi connectivity index (χ1v) is 6.36. The highest BCUT2D eigenvalue weighted by atomic mass is 16.4. The van der Waals surface area contributed by atoms with Crippen molar-refractivity contribution >= 4 is 17.8 Å². The molecule has 0 aliphatic carbocycles. The molecule has 2 unspecified atom stereocenters. The SMILES string of the molecule is CC(=O)NCCNC(=O)CN1CC(C)C(C(=O)O)C1. The molecular weight excluding hydrogens is 250 g/mol. The maximum absolute atomic E-state index is 11.6. The molecule has 1 aliphatic rings. The maximum atomic E-state index is 11.6. The molecular formula is C12H21N3O4. The van der Waals surface area contributed by atoms with Crippen LogP contribution in [-0.4, -0.2) is 60.5 Å². The van der Waals surface area contributed by atoms with Gasteiger partial charge in [-0.05, 0) is 5.92 Å². The zero-order valence-corrected chi connectivity index (χ0v) is 11.3. The number of nitrogens with zero attached hydrogens (tertiary/aromatic N) is 1. The molecule has 1 saturated heterocycles. The summed E-state index contributed by atoms with van der Waals surface area (Å²) < 4.78 is 0. The predicted octanol–water partition coefficient (Wildman–Crippen LogP) is -1.11. The van der Waals surface area contributed by atoms with Crippen LogP contribution in [0, 0.1) is 11.8 Å². The van der Waals surface area contributed by atoms with Crippen LogP contribution < -0.4 is 10.6 Å². The summed E-state index contributed by atoms with van der Waals surface area (Å²) in [5.74, 6) is -1.42. The smallest absolute Gasteiger partial charge is 0.308 e. The molecule has 2 atom stereocenters. The minimum atomic E-state index is -0.805. The van der Waals surface area contributed by atoms with Gasteiger partial charge in [0.15, 0.2) is 0 Å². The Hall–Kier alpha value is -1.63. The lowest BCUT2D eigenvalue weighted by Crippen LogP contribution is -2.39. The van der Waals surface area contributed by atoms with Crippen LogP contribution in [0.3, 0.4) is 0 Å². The van der Waals surface area contributed by atoms with Crippen LogP contribution in [0.1, 0.15) is 13.8 Å². The Morgan fingerprint density at radius 1 is 1.21 bits per heavy atom. The summed E-state index contributed by atoms with van der Waals surface area (Å²) in [5, 5.41) is 14.3. The van der Waals surface area contributed by atoms with Gasteiger partial charge in [0, 0.05) is 33.1 Å². The third-order valence-electron chi connectivity index (χ3n) is 3.19. The quantitative estimate of drug-likeness (QED) is 0.532. The highest BCUT2D eigenvalue weighted by molar-refractivity contribution is 5.78. The highest BCUT2D eigenvalue weighted by Gasteiger charge is 2.35. The number of likely N-dealkylation sites (tertiary alicyclic amines) is 1. The van der Waals surface area contributed by atoms with Crippen molar-refractivity contribution in [1.29, 1.82) is 0 Å². The Balaban J connectivity index is 2.23. The Kier molecular flexibility index (Phi) is 5.75. The molecule has 0 aromatic rings. The first-order valence-electron chi connectivity index (χ1n) is 6.36. The summed E-state index contributed by atoms with van der Waals surface area (Å²) in [6, 6.07) is 0. The van der Waals surface area contributed by atoms with Gasteiger partial charge in [-0.25, -0.2) is 0 Å². The van der Waals surface area contributed by atoms with E-state index in [0.717, 1.165) is 0 Å². The van der Waals surface area contributed by atoms with Crippen molar-refractivity contribution in [3.8, 4) is 0 Å². The number of hydrogen-bond acceptors (Lipinski definition) is 4. The van der Waals surface area contributed by atoms with E-state index in [-0.39, 0.29) is 24.3 Å². The van der Waals surface area contributed by atoms with Gasteiger partial charge >= 0.3 is 5.97 Å². The number of carboxylic acids is 1. The van der Waals surface area contributed by atoms with E-state index in [9.17, 15) is 14.4 Å². The summed E-state index contributed by atoms with van der Waals surface area (Å²) in [7, 11) is 0. The third kappa shape index (κ3) is 5.25. The molecule has 1 aliphatic heterocycles. The fourth-order valence-electron chi connectivity index (χ4n) is 2.22. The van der Waals surface area contributed by atoms with Gasteiger partial charge < -0.3 is 15.7 Å². The van der Waals surface area contributed by atoms with Crippen LogP contribution in [0.2, 0.25) is 0 Å². The Morgan fingerprint density at radius 3 is 2.37 bits per heavy atom. The molecule has 0 aromatic carbocycles. The molecule has 0 spiro atoms. The van der Waals surface area contributed by atoms with E-state index in [1.807, 2.05) is 11.8 Å². The molecule has 0 saturated carbocycles. The second kappa shape index (κ2) is 7.08. The summed E-state index contributed by atoms with van der Waals surface area (Å²) in [4.78, 5) is 35.0. The zero-order chi connectivity index (χ0) is 14.4. The minimum absolute atomic E-state index is 0.0599. The molecule has 1 heterocycles. The van der Waals surface area contributed by atoms with Crippen LogP contribution in [0.5, 0.6) is 0 Å². The zero-order valence-electron chi connectivity index (χ0n) is 11.3. The average molecular weight is 271 g/mol. The van der Waals surface area contributed by atoms with Crippen LogP contribution in [0.4, 0.5) is 0 Å². The molecule has 3 N–H and O–H groups in total. The van der Waals surface area contributed by atoms with E-state index >= 15 is 0 Å². The summed E-state index contributed by atoms with van der Waals surface area (Å²) in [5.41, 5.74) is 0. The van der Waals surface area contributed by atoms with Crippen LogP contribution in [0.25, 0.3) is 0 Å². The fraction of sp³-hybridized carbons (Fsp3) is 0.750. The number of hydrogen-bond donors (Lipinski definition) is 3. The van der Waals surface area contributed by atoms with E-state index in [1.165, 1.54) is 6.92 Å². The van der Waals surface area contributed by atoms with E-state index in [4.69, 9.17) is 5.11 Å². The lowest BCUT2D eigenvalue weighted by molar-refractivity contribution is -0.142. The molecule has 108 valence electrons. The van der Waals surface area contributed by atoms with Crippen molar-refractivity contribution in [1.82, 2.24) is 15.5 Å². The molecule has 7 heteroatoms. The molecule has 0 radical (unpaired) electrons. The molecule has 2 amide bonds. The standard InChI is InChI=1S/C12H21N3O4/c1-8-5-15(6-10(8)12(18)19)7-11(17)14-4-3-13-9(2)16/h8,10H,3-7H2,1-2H3,(H,13,16)(H,14,17)(H,18,19). The lowest BCUT2D eigenvalue weighted by atomic mass is 9.99. The summed E-state index contributed by atoms with van der Waals surface area (Å²) in [6.07, 6.45) is 0. The normalized spacial score (nSPS) is 23.1. The molecule has 1 fully saturated rings. The Bertz CT molecular complexity index is 359. The first-order chi connectivity index (χ1) is 8.90. The van der Waals surface area contributed by atoms with Crippen molar-refractivity contribution in [2.75, 3.05) is 32.7 Å². The number of rotatable bonds is 6. The van der Waals surface area contributed by atoms with Crippen molar-refractivity contribution < 1.29 is 19.5 Å². The van der Waals surface area contributed by atoms with Crippen molar-refractivity contribution in [3.63, 3.8) is 0 Å². The number of nitrogens with one attached hydrogen (secondary N) is 2. The Labute approximate surface area is 112 Å². The predicted molar refractivity (Wildman–Crippen MR) is 68.4 cm³/mol. The molecule has 7 nitrogen and oxygen atoms in total. The lowest BCUT2D eigenvalue weighted by Gasteiger charge is -2.14. The molecule has 0 aromatic heterocycles. The topological polar surface area (TPSA) is 98.7 Å². The number of amides is 2. The average Bonchev–Trinajstić information content (AvgIpc) is 2.65. The highest BCUT2D eigenvalue weighted by Crippen LogP contribution is 2.22. The van der Waals surface area contributed by atoms with Gasteiger partial charge in [0.05, 0.1) is 12.5 Å². The first kappa shape index (κ1) is 15.4.